The van der Waals surface area contributed by atoms with E-state index in [1.807, 2.05) is 0 Å². The number of hydrogen-bond acceptors (Lipinski definition) is 4. The van der Waals surface area contributed by atoms with Gasteiger partial charge in [0.1, 0.15) is 0 Å². The van der Waals surface area contributed by atoms with Crippen LogP contribution in [0.3, 0.4) is 0 Å². The molecule has 13 heteroatoms. The van der Waals surface area contributed by atoms with Gasteiger partial charge in [-0.3, -0.25) is 0 Å². The van der Waals surface area contributed by atoms with Crippen LogP contribution in [0.5, 0.6) is 0 Å². The van der Waals surface area contributed by atoms with Gasteiger partial charge < -0.3 is 20.4 Å². The average molecular weight is 1530 g/mol. The third-order valence-corrected chi connectivity index (χ3v) is 0.338. The fourth-order valence-corrected chi connectivity index (χ4v) is 0. The molecule has 4 nitrogen and oxygen atoms in total. The first-order valence-electron chi connectivity index (χ1n) is 2.15. The molecule has 82 valence electrons. The van der Waals surface area contributed by atoms with E-state index in [9.17, 15) is 17.6 Å². The van der Waals surface area contributed by atoms with E-state index in [-0.39, 0.29) is 0 Å². The van der Waals surface area contributed by atoms with Crippen LogP contribution in [0, 0.1) is 0 Å². The van der Waals surface area contributed by atoms with Crippen LogP contribution in [0.15, 0.2) is 24.1 Å². The Balaban J connectivity index is -0.0000000182. The van der Waals surface area contributed by atoms with E-state index in [1.165, 1.54) is 0 Å². The van der Waals surface area contributed by atoms with Gasteiger partial charge in [-0.05, 0) is 0 Å². The van der Waals surface area contributed by atoms with Gasteiger partial charge in [-0.15, -0.1) is 0 Å². The van der Waals surface area contributed by atoms with Gasteiger partial charge in [-0.25, -0.2) is 0 Å². The van der Waals surface area contributed by atoms with Crippen LogP contribution in [-0.4, -0.2) is 20.4 Å². The number of halogens is 4. The van der Waals surface area contributed by atoms with E-state index in [0.29, 0.717) is 0 Å². The van der Waals surface area contributed by atoms with Crippen molar-refractivity contribution in [2.75, 3.05) is 0 Å². The van der Waals surface area contributed by atoms with Crippen molar-refractivity contribution in [1.82, 2.24) is 0 Å². The zero-order chi connectivity index (χ0) is 10.3. The summed E-state index contributed by atoms with van der Waals surface area (Å²) in [4.78, 5) is 0. The largest absolute Gasteiger partial charge is 0.477 e. The Hall–Kier alpha value is -6.60. The molecule has 0 radical (unpaired) electrons. The molecular weight excluding hydrogens is 1520 g/mol. The molecule has 0 aliphatic rings. The average Bonchev–Trinajstić information content (AvgIpc) is 1.88. The number of hydrogen-bond donors (Lipinski definition) is 4. The predicted molar refractivity (Wildman–Crippen MR) is 29.0 cm³/mol. The standard InChI is InChI=1S/2C2H2F2O2.5Rf/c2*3-1(4)2(5)6;;;;;/h2*5-6H;;;;;. The smallest absolute Gasteiger partial charge is 0.349 e. The van der Waals surface area contributed by atoms with Crippen LogP contribution < -0.4 is 0 Å². The minimum absolute atomic E-state index is 0. The summed E-state index contributed by atoms with van der Waals surface area (Å²) in [6, 6.07) is 0. The van der Waals surface area contributed by atoms with Crippen LogP contribution in [-0.2, 0) is 0 Å². The summed E-state index contributed by atoms with van der Waals surface area (Å²) in [7, 11) is 0. The van der Waals surface area contributed by atoms with E-state index in [1.54, 1.807) is 0 Å². The van der Waals surface area contributed by atoms with Crippen LogP contribution in [0.25, 0.3) is 0 Å². The molecule has 0 heterocycles. The van der Waals surface area contributed by atoms with Crippen molar-refractivity contribution in [2.45, 2.75) is 0 Å². The topological polar surface area (TPSA) is 80.9 Å². The quantitative estimate of drug-likeness (QED) is 0.222. The molecule has 0 saturated carbocycles. The van der Waals surface area contributed by atoms with Gasteiger partial charge in [-0.2, -0.15) is 17.6 Å². The fraction of sp³-hybridized carbons (Fsp3) is 0. The number of rotatable bonds is 0. The molecule has 17 heavy (non-hydrogen) atoms. The molecule has 0 aromatic rings. The van der Waals surface area contributed by atoms with E-state index in [0.717, 1.165) is 0 Å². The third-order valence-electron chi connectivity index (χ3n) is 0.338. The predicted octanol–water partition coefficient (Wildman–Crippen LogP) is 2.34. The maximum Gasteiger partial charge on any atom is 0.349 e. The van der Waals surface area contributed by atoms with Crippen molar-refractivity contribution < 1.29 is 38.0 Å². The third kappa shape index (κ3) is 263. The molecule has 0 saturated heterocycles. The van der Waals surface area contributed by atoms with Crippen LogP contribution >= 0.6 is 0 Å². The van der Waals surface area contributed by atoms with Crippen LogP contribution in [0.2, 0.25) is 0 Å². The molecule has 0 aliphatic carbocycles. The Morgan fingerprint density at radius 1 is 0.471 bits per heavy atom. The Labute approximate surface area is 63.3 Å². The molecular formula is C4H4F4O4Rf5. The molecule has 0 aromatic carbocycles. The molecule has 0 atom stereocenters. The van der Waals surface area contributed by atoms with Crippen LogP contribution in [0.1, 0.15) is 0 Å². The molecule has 4 N–H and O–H groups in total. The van der Waals surface area contributed by atoms with E-state index < -0.39 is 24.1 Å². The SMILES string of the molecule is OC(O)=C(F)F.OC(O)=C(F)F.[Rf].[Rf].[Rf].[Rf].[Rf]. The van der Waals surface area contributed by atoms with Crippen molar-refractivity contribution in [2.24, 2.45) is 0 Å². The van der Waals surface area contributed by atoms with E-state index in [2.05, 4.69) is 0 Å². The van der Waals surface area contributed by atoms with Gasteiger partial charge in [0.25, 0.3) is 0 Å². The molecule has 0 aromatic heterocycles. The van der Waals surface area contributed by atoms with Gasteiger partial charge in [-0.1, -0.05) is 0 Å². The second kappa shape index (κ2) is 22.7. The summed E-state index contributed by atoms with van der Waals surface area (Å²) in [5.74, 6) is -3.81. The summed E-state index contributed by atoms with van der Waals surface area (Å²) >= 11 is 0. The summed E-state index contributed by atoms with van der Waals surface area (Å²) in [6.45, 7) is 0. The van der Waals surface area contributed by atoms with Crippen molar-refractivity contribution in [3.05, 3.63) is 24.1 Å². The minimum Gasteiger partial charge on any atom is -0.477 e. The normalized spacial score (nSPS) is 5.41. The van der Waals surface area contributed by atoms with Gasteiger partial charge in [0.2, 0.25) is 0 Å². The molecule has 0 fully saturated rings. The zero-order valence-corrected chi connectivity index (χ0v) is 40.8. The second-order valence-electron chi connectivity index (χ2n) is 1.17. The van der Waals surface area contributed by atoms with Gasteiger partial charge in [0.15, 0.2) is 0 Å². The maximum absolute atomic E-state index is 10.5. The van der Waals surface area contributed by atoms with Crippen LogP contribution in [0.4, 0.5) is 17.6 Å². The fourth-order valence-electron chi connectivity index (χ4n) is 0. The summed E-state index contributed by atoms with van der Waals surface area (Å²) in [6.07, 6.45) is -4.93. The van der Waals surface area contributed by atoms with Gasteiger partial charge in [0, 0.05) is 0 Å². The first-order valence-corrected chi connectivity index (χ1v) is 2.15. The number of aliphatic hydroxyl groups is 4. The van der Waals surface area contributed by atoms with Gasteiger partial charge >= 0.3 is 24.1 Å². The van der Waals surface area contributed by atoms with Crippen molar-refractivity contribution in [3.63, 3.8) is 0 Å². The van der Waals surface area contributed by atoms with Crippen molar-refractivity contribution in [3.8, 4) is 0 Å². The van der Waals surface area contributed by atoms with Crippen molar-refractivity contribution >= 4 is 0 Å². The second-order valence-corrected chi connectivity index (χ2v) is 1.17. The minimum atomic E-state index is -2.46. The molecule has 0 aliphatic heterocycles. The number of aliphatic hydroxyl groups excluding tert-OH is 2. The molecule has 0 rings (SSSR count). The van der Waals surface area contributed by atoms with Gasteiger partial charge in [0.05, 0.1) is 0 Å². The molecule has 0 bridgehead atoms. The summed E-state index contributed by atoms with van der Waals surface area (Å²) < 4.78 is 42.1. The first-order chi connectivity index (χ1) is 5.29. The molecule has 0 spiro atoms. The molecule has 0 unspecified atom stereocenters. The zero-order valence-electron chi connectivity index (χ0n) is 8.84. The maximum atomic E-state index is 10.5. The first kappa shape index (κ1) is 79.5. The Kier molecular flexibility index (Phi) is 106. The summed E-state index contributed by atoms with van der Waals surface area (Å²) in [5.41, 5.74) is 0. The van der Waals surface area contributed by atoms with E-state index >= 15 is 0 Å². The monoisotopic (exact) mass is 1530 g/mol. The Morgan fingerprint density at radius 3 is 0.529 bits per heavy atom. The Morgan fingerprint density at radius 2 is 0.529 bits per heavy atom. The molecule has 0 amide bonds. The summed E-state index contributed by atoms with van der Waals surface area (Å²) in [5, 5.41) is 29.3. The van der Waals surface area contributed by atoms with E-state index in [4.69, 9.17) is 20.4 Å². The Bertz CT molecular complexity index is 156. The van der Waals surface area contributed by atoms with Crippen molar-refractivity contribution in [1.29, 1.82) is 0 Å².